The third-order valence-electron chi connectivity index (χ3n) is 4.40. The normalized spacial score (nSPS) is 12.4. The van der Waals surface area contributed by atoms with Crippen LogP contribution in [0.2, 0.25) is 0 Å². The highest BCUT2D eigenvalue weighted by atomic mass is 32.2. The Kier molecular flexibility index (Phi) is 5.96. The predicted octanol–water partition coefficient (Wildman–Crippen LogP) is 3.55. The van der Waals surface area contributed by atoms with Crippen LogP contribution < -0.4 is 4.80 Å². The third kappa shape index (κ3) is 4.66. The van der Waals surface area contributed by atoms with Gasteiger partial charge >= 0.3 is 0 Å². The highest BCUT2D eigenvalue weighted by Crippen LogP contribution is 2.22. The number of carbonyl (C=O) groups is 1. The number of benzene rings is 2. The van der Waals surface area contributed by atoms with E-state index in [1.165, 1.54) is 11.3 Å². The molecule has 0 spiro atoms. The molecule has 0 saturated carbocycles. The smallest absolute Gasteiger partial charge is 0.263 e. The first-order valence-corrected chi connectivity index (χ1v) is 11.5. The predicted molar refractivity (Wildman–Crippen MR) is 114 cm³/mol. The van der Waals surface area contributed by atoms with Crippen LogP contribution in [0.4, 0.5) is 0 Å². The standard InChI is InChI=1S/C21H22N2O3S2/c1-4-10-23-18-11-15(2)16(3)12-19(18)27-21(23)22-20(24)14-28(25,26)13-17-8-6-5-7-9-17/h4-9,11-12H,1,10,13-14H2,2-3H3. The quantitative estimate of drug-likeness (QED) is 0.579. The number of amides is 1. The number of aryl methyl sites for hydroxylation is 2. The van der Waals surface area contributed by atoms with E-state index in [0.29, 0.717) is 16.9 Å². The molecule has 0 aliphatic heterocycles. The Morgan fingerprint density at radius 2 is 1.86 bits per heavy atom. The Labute approximate surface area is 168 Å². The maximum atomic E-state index is 12.4. The average Bonchev–Trinajstić information content (AvgIpc) is 2.92. The van der Waals surface area contributed by atoms with Crippen molar-refractivity contribution >= 4 is 37.3 Å². The molecule has 5 nitrogen and oxygen atoms in total. The number of aromatic nitrogens is 1. The summed E-state index contributed by atoms with van der Waals surface area (Å²) in [6, 6.07) is 12.9. The van der Waals surface area contributed by atoms with Crippen molar-refractivity contribution < 1.29 is 13.2 Å². The second-order valence-electron chi connectivity index (χ2n) is 6.71. The Bertz CT molecular complexity index is 1200. The average molecular weight is 415 g/mol. The molecule has 0 radical (unpaired) electrons. The molecule has 0 N–H and O–H groups in total. The Morgan fingerprint density at radius 3 is 2.54 bits per heavy atom. The molecular weight excluding hydrogens is 392 g/mol. The summed E-state index contributed by atoms with van der Waals surface area (Å²) >= 11 is 1.38. The second-order valence-corrected chi connectivity index (χ2v) is 9.79. The molecule has 2 aromatic carbocycles. The van der Waals surface area contributed by atoms with Gasteiger partial charge in [0.1, 0.15) is 5.75 Å². The lowest BCUT2D eigenvalue weighted by molar-refractivity contribution is -0.115. The SMILES string of the molecule is C=CCn1c(=NC(=O)CS(=O)(=O)Cc2ccccc2)sc2cc(C)c(C)cc21. The highest BCUT2D eigenvalue weighted by molar-refractivity contribution is 7.91. The molecule has 7 heteroatoms. The zero-order chi connectivity index (χ0) is 20.3. The molecule has 0 bridgehead atoms. The van der Waals surface area contributed by atoms with Gasteiger partial charge in [0.25, 0.3) is 5.91 Å². The molecule has 1 amide bonds. The zero-order valence-electron chi connectivity index (χ0n) is 15.9. The molecule has 0 saturated heterocycles. The van der Waals surface area contributed by atoms with E-state index in [-0.39, 0.29) is 5.75 Å². The van der Waals surface area contributed by atoms with Crippen LogP contribution in [0.3, 0.4) is 0 Å². The molecule has 3 rings (SSSR count). The van der Waals surface area contributed by atoms with Crippen LogP contribution in [0.1, 0.15) is 16.7 Å². The minimum absolute atomic E-state index is 0.174. The molecule has 0 fully saturated rings. The first-order chi connectivity index (χ1) is 13.3. The van der Waals surface area contributed by atoms with E-state index in [9.17, 15) is 13.2 Å². The zero-order valence-corrected chi connectivity index (χ0v) is 17.5. The van der Waals surface area contributed by atoms with Crippen LogP contribution >= 0.6 is 11.3 Å². The molecule has 3 aromatic rings. The lowest BCUT2D eigenvalue weighted by atomic mass is 10.1. The van der Waals surface area contributed by atoms with Crippen molar-refractivity contribution in [1.82, 2.24) is 4.57 Å². The van der Waals surface area contributed by atoms with Crippen molar-refractivity contribution in [3.05, 3.63) is 76.6 Å². The van der Waals surface area contributed by atoms with Crippen molar-refractivity contribution in [2.75, 3.05) is 5.75 Å². The molecule has 0 atom stereocenters. The Morgan fingerprint density at radius 1 is 1.18 bits per heavy atom. The molecule has 0 unspecified atom stereocenters. The maximum Gasteiger partial charge on any atom is 0.263 e. The number of rotatable bonds is 6. The summed E-state index contributed by atoms with van der Waals surface area (Å²) in [5, 5.41) is 0. The number of thiazole rings is 1. The first-order valence-electron chi connectivity index (χ1n) is 8.82. The monoisotopic (exact) mass is 414 g/mol. The van der Waals surface area contributed by atoms with Crippen LogP contribution in [0.5, 0.6) is 0 Å². The summed E-state index contributed by atoms with van der Waals surface area (Å²) in [4.78, 5) is 17.0. The van der Waals surface area contributed by atoms with E-state index < -0.39 is 21.5 Å². The summed E-state index contributed by atoms with van der Waals surface area (Å²) in [7, 11) is -3.59. The lowest BCUT2D eigenvalue weighted by Crippen LogP contribution is -2.21. The highest BCUT2D eigenvalue weighted by Gasteiger charge is 2.18. The molecule has 1 aromatic heterocycles. The number of fused-ring (bicyclic) bond motifs is 1. The van der Waals surface area contributed by atoms with E-state index in [0.717, 1.165) is 21.3 Å². The summed E-state index contributed by atoms with van der Waals surface area (Å²) in [6.07, 6.45) is 1.73. The first kappa shape index (κ1) is 20.2. The van der Waals surface area contributed by atoms with Gasteiger partial charge in [0.05, 0.1) is 16.0 Å². The molecule has 146 valence electrons. The maximum absolute atomic E-state index is 12.4. The minimum atomic E-state index is -3.59. The summed E-state index contributed by atoms with van der Waals surface area (Å²) in [5.74, 6) is -1.44. The summed E-state index contributed by atoms with van der Waals surface area (Å²) in [6.45, 7) is 8.32. The van der Waals surface area contributed by atoms with Crippen LogP contribution in [0.25, 0.3) is 10.2 Å². The van der Waals surface area contributed by atoms with E-state index in [4.69, 9.17) is 0 Å². The van der Waals surface area contributed by atoms with Gasteiger partial charge < -0.3 is 4.57 Å². The third-order valence-corrected chi connectivity index (χ3v) is 6.90. The van der Waals surface area contributed by atoms with E-state index in [1.807, 2.05) is 24.5 Å². The Balaban J connectivity index is 1.93. The van der Waals surface area contributed by atoms with Crippen LogP contribution in [0, 0.1) is 13.8 Å². The van der Waals surface area contributed by atoms with Gasteiger partial charge in [-0.05, 0) is 42.7 Å². The van der Waals surface area contributed by atoms with Gasteiger partial charge in [-0.25, -0.2) is 8.42 Å². The van der Waals surface area contributed by atoms with Crippen molar-refractivity contribution in [1.29, 1.82) is 0 Å². The fourth-order valence-electron chi connectivity index (χ4n) is 2.92. The lowest BCUT2D eigenvalue weighted by Gasteiger charge is -2.04. The van der Waals surface area contributed by atoms with Crippen molar-refractivity contribution in [3.63, 3.8) is 0 Å². The van der Waals surface area contributed by atoms with E-state index in [1.54, 1.807) is 30.3 Å². The number of hydrogen-bond donors (Lipinski definition) is 0. The summed E-state index contributed by atoms with van der Waals surface area (Å²) in [5.41, 5.74) is 3.92. The molecule has 0 aliphatic rings. The minimum Gasteiger partial charge on any atom is -0.312 e. The van der Waals surface area contributed by atoms with Gasteiger partial charge in [-0.15, -0.1) is 6.58 Å². The van der Waals surface area contributed by atoms with Gasteiger partial charge in [0, 0.05) is 6.54 Å². The molecule has 28 heavy (non-hydrogen) atoms. The topological polar surface area (TPSA) is 68.5 Å². The molecular formula is C21H22N2O3S2. The van der Waals surface area contributed by atoms with Gasteiger partial charge in [-0.3, -0.25) is 4.79 Å². The van der Waals surface area contributed by atoms with Crippen molar-refractivity contribution in [2.45, 2.75) is 26.1 Å². The van der Waals surface area contributed by atoms with E-state index in [2.05, 4.69) is 23.7 Å². The van der Waals surface area contributed by atoms with E-state index >= 15 is 0 Å². The van der Waals surface area contributed by atoms with Crippen molar-refractivity contribution in [2.24, 2.45) is 4.99 Å². The number of nitrogens with zero attached hydrogens (tertiary/aromatic N) is 2. The molecule has 1 heterocycles. The van der Waals surface area contributed by atoms with Gasteiger partial charge in [0.2, 0.25) is 0 Å². The summed E-state index contributed by atoms with van der Waals surface area (Å²) < 4.78 is 27.6. The molecule has 0 aliphatic carbocycles. The number of allylic oxidation sites excluding steroid dienone is 1. The second kappa shape index (κ2) is 8.24. The Hall–Kier alpha value is -2.51. The van der Waals surface area contributed by atoms with Gasteiger partial charge in [-0.1, -0.05) is 47.7 Å². The number of hydrogen-bond acceptors (Lipinski definition) is 4. The fourth-order valence-corrected chi connectivity index (χ4v) is 5.30. The van der Waals surface area contributed by atoms with Gasteiger partial charge in [-0.2, -0.15) is 4.99 Å². The van der Waals surface area contributed by atoms with Crippen LogP contribution in [-0.2, 0) is 26.9 Å². The van der Waals surface area contributed by atoms with Crippen molar-refractivity contribution in [3.8, 4) is 0 Å². The largest absolute Gasteiger partial charge is 0.312 e. The van der Waals surface area contributed by atoms with Gasteiger partial charge in [0.15, 0.2) is 14.6 Å². The van der Waals surface area contributed by atoms with Crippen LogP contribution in [0.15, 0.2) is 60.1 Å². The van der Waals surface area contributed by atoms with Crippen LogP contribution in [-0.4, -0.2) is 24.6 Å². The fraction of sp³-hybridized carbons (Fsp3) is 0.238. The number of sulfone groups is 1. The number of carbonyl (C=O) groups excluding carboxylic acids is 1.